The minimum absolute atomic E-state index is 0.0553. The fourth-order valence-electron chi connectivity index (χ4n) is 6.28. The Labute approximate surface area is 148 Å². The molecule has 4 heteroatoms. The molecular weight excluding hydrogens is 354 g/mol. The maximum atomic E-state index is 13.5. The molecule has 4 bridgehead atoms. The number of alkyl halides is 1. The van der Waals surface area contributed by atoms with Crippen LogP contribution in [0.4, 0.5) is 0 Å². The van der Waals surface area contributed by atoms with Crippen molar-refractivity contribution in [2.24, 2.45) is 17.3 Å². The van der Waals surface area contributed by atoms with Gasteiger partial charge in [-0.15, -0.1) is 0 Å². The Kier molecular flexibility index (Phi) is 4.28. The lowest BCUT2D eigenvalue weighted by molar-refractivity contribution is -0.159. The molecule has 0 aromatic carbocycles. The second-order valence-electron chi connectivity index (χ2n) is 8.78. The fourth-order valence-corrected chi connectivity index (χ4v) is 7.73. The minimum Gasteiger partial charge on any atom is -0.376 e. The van der Waals surface area contributed by atoms with Gasteiger partial charge < -0.3 is 9.64 Å². The molecule has 3 atom stereocenters. The molecule has 23 heavy (non-hydrogen) atoms. The van der Waals surface area contributed by atoms with Gasteiger partial charge in [-0.3, -0.25) is 4.79 Å². The zero-order valence-electron chi connectivity index (χ0n) is 14.4. The number of piperidine rings is 1. The van der Waals surface area contributed by atoms with Gasteiger partial charge in [-0.05, 0) is 69.6 Å². The summed E-state index contributed by atoms with van der Waals surface area (Å²) in [6.07, 6.45) is 10.9. The van der Waals surface area contributed by atoms with E-state index in [0.29, 0.717) is 5.91 Å². The Morgan fingerprint density at radius 3 is 2.65 bits per heavy atom. The standard InChI is InChI=1S/C19H30BrNO2/c1-2-6-23-16-4-3-5-21(12-16)17(22)18-8-14-7-15(9-18)11-19(20,10-14)13-18/h14-16H,2-13H2,1H3/t14-,15-,16-,18?,19?/m1/s1. The molecule has 0 unspecified atom stereocenters. The summed E-state index contributed by atoms with van der Waals surface area (Å²) in [6.45, 7) is 4.74. The lowest BCUT2D eigenvalue weighted by Crippen LogP contribution is -2.60. The van der Waals surface area contributed by atoms with Gasteiger partial charge in [-0.25, -0.2) is 0 Å². The van der Waals surface area contributed by atoms with E-state index in [2.05, 4.69) is 27.8 Å². The Morgan fingerprint density at radius 2 is 2.00 bits per heavy atom. The predicted molar refractivity (Wildman–Crippen MR) is 94.6 cm³/mol. The SMILES string of the molecule is CCCO[C@@H]1CCCN(C(=O)C23C[C@H]4C[C@@H](CC(Br)(C4)C2)C3)C1. The summed E-state index contributed by atoms with van der Waals surface area (Å²) in [6, 6.07) is 0. The maximum absolute atomic E-state index is 13.5. The van der Waals surface area contributed by atoms with Crippen LogP contribution in [0.5, 0.6) is 0 Å². The second kappa shape index (κ2) is 6.01. The van der Waals surface area contributed by atoms with Crippen molar-refractivity contribution < 1.29 is 9.53 Å². The zero-order valence-corrected chi connectivity index (χ0v) is 15.9. The average molecular weight is 384 g/mol. The molecule has 3 nitrogen and oxygen atoms in total. The van der Waals surface area contributed by atoms with Gasteiger partial charge in [0.2, 0.25) is 5.91 Å². The van der Waals surface area contributed by atoms with Crippen LogP contribution >= 0.6 is 15.9 Å². The van der Waals surface area contributed by atoms with Gasteiger partial charge >= 0.3 is 0 Å². The van der Waals surface area contributed by atoms with Crippen LogP contribution in [0.2, 0.25) is 0 Å². The largest absolute Gasteiger partial charge is 0.376 e. The average Bonchev–Trinajstić information content (AvgIpc) is 2.50. The van der Waals surface area contributed by atoms with E-state index < -0.39 is 0 Å². The van der Waals surface area contributed by atoms with E-state index in [1.165, 1.54) is 19.3 Å². The van der Waals surface area contributed by atoms with Crippen molar-refractivity contribution in [3.8, 4) is 0 Å². The first-order valence-electron chi connectivity index (χ1n) is 9.62. The Morgan fingerprint density at radius 1 is 1.26 bits per heavy atom. The molecule has 4 aliphatic carbocycles. The molecule has 5 rings (SSSR count). The third kappa shape index (κ3) is 2.99. The van der Waals surface area contributed by atoms with Crippen LogP contribution in [-0.2, 0) is 9.53 Å². The van der Waals surface area contributed by atoms with E-state index in [0.717, 1.165) is 70.1 Å². The number of rotatable bonds is 4. The van der Waals surface area contributed by atoms with Crippen LogP contribution in [0.15, 0.2) is 0 Å². The number of ether oxygens (including phenoxy) is 1. The summed E-state index contributed by atoms with van der Waals surface area (Å²) in [5.41, 5.74) is -0.0553. The summed E-state index contributed by atoms with van der Waals surface area (Å²) in [4.78, 5) is 15.6. The van der Waals surface area contributed by atoms with Crippen LogP contribution in [-0.4, -0.2) is 40.9 Å². The number of halogens is 1. The van der Waals surface area contributed by atoms with Gasteiger partial charge in [-0.1, -0.05) is 22.9 Å². The van der Waals surface area contributed by atoms with Crippen LogP contribution in [0.1, 0.15) is 64.7 Å². The molecule has 5 fully saturated rings. The lowest BCUT2D eigenvalue weighted by atomic mass is 9.49. The number of nitrogens with zero attached hydrogens (tertiary/aromatic N) is 1. The van der Waals surface area contributed by atoms with Gasteiger partial charge in [0.05, 0.1) is 11.5 Å². The highest BCUT2D eigenvalue weighted by atomic mass is 79.9. The summed E-state index contributed by atoms with van der Waals surface area (Å²) in [5, 5.41) is 0. The summed E-state index contributed by atoms with van der Waals surface area (Å²) in [5.74, 6) is 2.01. The maximum Gasteiger partial charge on any atom is 0.228 e. The van der Waals surface area contributed by atoms with Crippen LogP contribution in [0, 0.1) is 17.3 Å². The highest BCUT2D eigenvalue weighted by Crippen LogP contribution is 2.64. The smallest absolute Gasteiger partial charge is 0.228 e. The monoisotopic (exact) mass is 383 g/mol. The van der Waals surface area contributed by atoms with Gasteiger partial charge in [0.1, 0.15) is 0 Å². The lowest BCUT2D eigenvalue weighted by Gasteiger charge is -2.60. The Bertz CT molecular complexity index is 466. The van der Waals surface area contributed by atoms with E-state index >= 15 is 0 Å². The third-order valence-electron chi connectivity index (χ3n) is 6.67. The first-order valence-corrected chi connectivity index (χ1v) is 10.4. The molecule has 5 aliphatic rings. The second-order valence-corrected chi connectivity index (χ2v) is 10.5. The molecule has 1 amide bonds. The molecule has 0 aromatic rings. The number of hydrogen-bond acceptors (Lipinski definition) is 2. The number of carbonyl (C=O) groups is 1. The first-order chi connectivity index (χ1) is 11.0. The van der Waals surface area contributed by atoms with E-state index in [9.17, 15) is 4.79 Å². The van der Waals surface area contributed by atoms with E-state index in [4.69, 9.17) is 4.74 Å². The van der Waals surface area contributed by atoms with E-state index in [1.54, 1.807) is 0 Å². The van der Waals surface area contributed by atoms with Crippen LogP contribution < -0.4 is 0 Å². The van der Waals surface area contributed by atoms with E-state index in [1.807, 2.05) is 0 Å². The van der Waals surface area contributed by atoms with Gasteiger partial charge in [0.25, 0.3) is 0 Å². The molecule has 0 radical (unpaired) electrons. The van der Waals surface area contributed by atoms with Gasteiger partial charge in [0, 0.05) is 24.0 Å². The molecule has 0 aromatic heterocycles. The van der Waals surface area contributed by atoms with Gasteiger partial charge in [-0.2, -0.15) is 0 Å². The van der Waals surface area contributed by atoms with Crippen LogP contribution in [0.3, 0.4) is 0 Å². The van der Waals surface area contributed by atoms with E-state index in [-0.39, 0.29) is 15.8 Å². The highest BCUT2D eigenvalue weighted by molar-refractivity contribution is 9.10. The highest BCUT2D eigenvalue weighted by Gasteiger charge is 2.60. The quantitative estimate of drug-likeness (QED) is 0.682. The van der Waals surface area contributed by atoms with Crippen molar-refractivity contribution in [2.45, 2.75) is 75.1 Å². The number of hydrogen-bond donors (Lipinski definition) is 0. The van der Waals surface area contributed by atoms with Crippen LogP contribution in [0.25, 0.3) is 0 Å². The summed E-state index contributed by atoms with van der Waals surface area (Å²) >= 11 is 4.04. The zero-order chi connectivity index (χ0) is 16.1. The molecule has 130 valence electrons. The van der Waals surface area contributed by atoms with Crippen molar-refractivity contribution in [3.05, 3.63) is 0 Å². The summed E-state index contributed by atoms with van der Waals surface area (Å²) in [7, 11) is 0. The number of amides is 1. The summed E-state index contributed by atoms with van der Waals surface area (Å²) < 4.78 is 6.21. The number of carbonyl (C=O) groups excluding carboxylic acids is 1. The molecule has 1 aliphatic heterocycles. The molecule has 0 N–H and O–H groups in total. The number of likely N-dealkylation sites (tertiary alicyclic amines) is 1. The fraction of sp³-hybridized carbons (Fsp3) is 0.947. The van der Waals surface area contributed by atoms with Gasteiger partial charge in [0.15, 0.2) is 0 Å². The van der Waals surface area contributed by atoms with Crippen molar-refractivity contribution in [2.75, 3.05) is 19.7 Å². The predicted octanol–water partition coefficient (Wildman–Crippen LogP) is 4.14. The Balaban J connectivity index is 1.48. The molecule has 1 heterocycles. The van der Waals surface area contributed by atoms with Crippen molar-refractivity contribution in [1.82, 2.24) is 4.90 Å². The van der Waals surface area contributed by atoms with Crippen molar-refractivity contribution in [1.29, 1.82) is 0 Å². The van der Waals surface area contributed by atoms with Crippen molar-refractivity contribution >= 4 is 21.8 Å². The Hall–Kier alpha value is -0.0900. The van der Waals surface area contributed by atoms with Crippen molar-refractivity contribution in [3.63, 3.8) is 0 Å². The third-order valence-corrected chi connectivity index (χ3v) is 7.59. The molecule has 4 saturated carbocycles. The molecular formula is C19H30BrNO2. The normalized spacial score (nSPS) is 45.5. The topological polar surface area (TPSA) is 29.5 Å². The first kappa shape index (κ1) is 16.4. The molecule has 0 spiro atoms. The minimum atomic E-state index is -0.0553. The molecule has 1 saturated heterocycles.